The van der Waals surface area contributed by atoms with Crippen molar-refractivity contribution in [2.45, 2.75) is 24.7 Å². The van der Waals surface area contributed by atoms with Crippen molar-refractivity contribution >= 4 is 31.8 Å². The summed E-state index contributed by atoms with van der Waals surface area (Å²) in [5, 5.41) is 2.79. The lowest BCUT2D eigenvalue weighted by Crippen LogP contribution is -2.29. The molecule has 0 unspecified atom stereocenters. The molecule has 1 saturated carbocycles. The molecule has 1 aromatic rings. The van der Waals surface area contributed by atoms with Crippen molar-refractivity contribution in [3.8, 4) is 0 Å². The third kappa shape index (κ3) is 3.02. The Labute approximate surface area is 116 Å². The molecule has 0 aliphatic heterocycles. The topological polar surface area (TPSA) is 71.1 Å². The van der Waals surface area contributed by atoms with E-state index in [0.717, 1.165) is 12.8 Å². The van der Waals surface area contributed by atoms with E-state index in [1.54, 1.807) is 19.3 Å². The third-order valence-electron chi connectivity index (χ3n) is 3.14. The number of halogens is 1. The fourth-order valence-electron chi connectivity index (χ4n) is 1.55. The molecule has 1 aromatic heterocycles. The number of pyridine rings is 1. The Morgan fingerprint density at radius 2 is 2.17 bits per heavy atom. The van der Waals surface area contributed by atoms with Gasteiger partial charge in [0.15, 0.2) is 0 Å². The highest BCUT2D eigenvalue weighted by Gasteiger charge is 2.38. The summed E-state index contributed by atoms with van der Waals surface area (Å²) < 4.78 is 27.7. The third-order valence-corrected chi connectivity index (χ3v) is 4.99. The van der Waals surface area contributed by atoms with E-state index < -0.39 is 10.0 Å². The van der Waals surface area contributed by atoms with Crippen LogP contribution < -0.4 is 10.0 Å². The van der Waals surface area contributed by atoms with Crippen LogP contribution in [-0.4, -0.2) is 27.0 Å². The quantitative estimate of drug-likeness (QED) is 0.864. The number of nitrogens with one attached hydrogen (secondary N) is 2. The van der Waals surface area contributed by atoms with E-state index >= 15 is 0 Å². The Bertz CT molecular complexity index is 555. The first-order chi connectivity index (χ1) is 8.36. The lowest BCUT2D eigenvalue weighted by molar-refractivity contribution is 0.530. The average Bonchev–Trinajstić information content (AvgIpc) is 3.06. The van der Waals surface area contributed by atoms with Gasteiger partial charge in [-0.3, -0.25) is 0 Å². The minimum absolute atomic E-state index is 0.131. The van der Waals surface area contributed by atoms with Gasteiger partial charge in [0.1, 0.15) is 10.7 Å². The molecule has 0 amide bonds. The zero-order chi connectivity index (χ0) is 13.4. The summed E-state index contributed by atoms with van der Waals surface area (Å²) in [4.78, 5) is 4.22. The van der Waals surface area contributed by atoms with E-state index in [4.69, 9.17) is 0 Å². The number of aromatic nitrogens is 1. The summed E-state index contributed by atoms with van der Waals surface area (Å²) in [5.41, 5.74) is 0.131. The highest BCUT2D eigenvalue weighted by Crippen LogP contribution is 2.44. The molecule has 0 spiro atoms. The first kappa shape index (κ1) is 13.8. The second-order valence-electron chi connectivity index (χ2n) is 4.89. The highest BCUT2D eigenvalue weighted by atomic mass is 79.9. The fourth-order valence-corrected chi connectivity index (χ4v) is 3.42. The largest absolute Gasteiger partial charge is 0.372 e. The molecule has 0 saturated heterocycles. The maximum Gasteiger partial charge on any atom is 0.244 e. The fraction of sp³-hybridized carbons (Fsp3) is 0.545. The molecule has 1 fully saturated rings. The molecule has 1 aliphatic carbocycles. The second kappa shape index (κ2) is 4.79. The molecule has 0 radical (unpaired) electrons. The van der Waals surface area contributed by atoms with Crippen molar-refractivity contribution in [3.05, 3.63) is 16.7 Å². The number of hydrogen-bond donors (Lipinski definition) is 2. The van der Waals surface area contributed by atoms with Crippen molar-refractivity contribution in [1.29, 1.82) is 0 Å². The molecular weight excluding hydrogens is 318 g/mol. The summed E-state index contributed by atoms with van der Waals surface area (Å²) in [6, 6.07) is 1.55. The van der Waals surface area contributed by atoms with Crippen molar-refractivity contribution in [2.75, 3.05) is 18.9 Å². The molecule has 2 rings (SSSR count). The molecule has 100 valence electrons. The SMILES string of the molecule is CNc1ncc(Br)cc1S(=O)(=O)NCC1(C)CC1. The van der Waals surface area contributed by atoms with E-state index in [9.17, 15) is 8.42 Å². The van der Waals surface area contributed by atoms with Crippen LogP contribution in [0.15, 0.2) is 21.6 Å². The zero-order valence-electron chi connectivity index (χ0n) is 10.3. The highest BCUT2D eigenvalue weighted by molar-refractivity contribution is 9.10. The van der Waals surface area contributed by atoms with Crippen LogP contribution in [0.25, 0.3) is 0 Å². The van der Waals surface area contributed by atoms with E-state index in [1.807, 2.05) is 0 Å². The van der Waals surface area contributed by atoms with Crippen LogP contribution in [0.1, 0.15) is 19.8 Å². The van der Waals surface area contributed by atoms with Crippen molar-refractivity contribution in [1.82, 2.24) is 9.71 Å². The van der Waals surface area contributed by atoms with E-state index in [1.165, 1.54) is 0 Å². The number of anilines is 1. The second-order valence-corrected chi connectivity index (χ2v) is 7.54. The minimum atomic E-state index is -3.52. The van der Waals surface area contributed by atoms with Gasteiger partial charge in [0, 0.05) is 24.3 Å². The predicted molar refractivity (Wildman–Crippen MR) is 74.0 cm³/mol. The predicted octanol–water partition coefficient (Wildman–Crippen LogP) is 1.96. The molecule has 1 heterocycles. The smallest absolute Gasteiger partial charge is 0.244 e. The van der Waals surface area contributed by atoms with Crippen molar-refractivity contribution in [3.63, 3.8) is 0 Å². The Morgan fingerprint density at radius 3 is 2.72 bits per heavy atom. The van der Waals surface area contributed by atoms with Gasteiger partial charge >= 0.3 is 0 Å². The molecule has 5 nitrogen and oxygen atoms in total. The number of hydrogen-bond acceptors (Lipinski definition) is 4. The van der Waals surface area contributed by atoms with Gasteiger partial charge in [-0.25, -0.2) is 18.1 Å². The molecule has 2 N–H and O–H groups in total. The molecule has 0 aromatic carbocycles. The Hall–Kier alpha value is -0.660. The Morgan fingerprint density at radius 1 is 1.50 bits per heavy atom. The zero-order valence-corrected chi connectivity index (χ0v) is 12.7. The number of nitrogens with zero attached hydrogens (tertiary/aromatic N) is 1. The van der Waals surface area contributed by atoms with Gasteiger partial charge in [-0.2, -0.15) is 0 Å². The lowest BCUT2D eigenvalue weighted by Gasteiger charge is -2.13. The van der Waals surface area contributed by atoms with Crippen molar-refractivity contribution < 1.29 is 8.42 Å². The van der Waals surface area contributed by atoms with E-state index in [2.05, 4.69) is 37.9 Å². The summed E-state index contributed by atoms with van der Waals surface area (Å²) in [6.45, 7) is 2.55. The molecule has 1 aliphatic rings. The van der Waals surface area contributed by atoms with E-state index in [-0.39, 0.29) is 10.3 Å². The van der Waals surface area contributed by atoms with Crippen LogP contribution in [-0.2, 0) is 10.0 Å². The van der Waals surface area contributed by atoms with Gasteiger partial charge in [0.2, 0.25) is 10.0 Å². The van der Waals surface area contributed by atoms with Gasteiger partial charge in [0.25, 0.3) is 0 Å². The van der Waals surface area contributed by atoms with Gasteiger partial charge in [-0.1, -0.05) is 6.92 Å². The summed E-state index contributed by atoms with van der Waals surface area (Å²) in [7, 11) is -1.87. The Kier molecular flexibility index (Phi) is 3.66. The van der Waals surface area contributed by atoms with Crippen LogP contribution >= 0.6 is 15.9 Å². The summed E-state index contributed by atoms with van der Waals surface area (Å²) >= 11 is 3.24. The average molecular weight is 334 g/mol. The normalized spacial score (nSPS) is 17.5. The first-order valence-electron chi connectivity index (χ1n) is 5.69. The van der Waals surface area contributed by atoms with Crippen molar-refractivity contribution in [2.24, 2.45) is 5.41 Å². The summed E-state index contributed by atoms with van der Waals surface area (Å²) in [5.74, 6) is 0.353. The van der Waals surface area contributed by atoms with Crippen LogP contribution in [0.5, 0.6) is 0 Å². The molecule has 0 bridgehead atoms. The van der Waals surface area contributed by atoms with Crippen LogP contribution in [0.2, 0.25) is 0 Å². The van der Waals surface area contributed by atoms with Gasteiger partial charge in [0.05, 0.1) is 0 Å². The van der Waals surface area contributed by atoms with Gasteiger partial charge < -0.3 is 5.32 Å². The molecule has 7 heteroatoms. The number of rotatable bonds is 5. The Balaban J connectivity index is 2.25. The lowest BCUT2D eigenvalue weighted by atomic mass is 10.2. The number of sulfonamides is 1. The molecular formula is C11H16BrN3O2S. The monoisotopic (exact) mass is 333 g/mol. The maximum absolute atomic E-state index is 12.2. The standard InChI is InChI=1S/C11H16BrN3O2S/c1-11(3-4-11)7-15-18(16,17)9-5-8(12)6-14-10(9)13-2/h5-6,15H,3-4,7H2,1-2H3,(H,13,14). The van der Waals surface area contributed by atoms with Crippen LogP contribution in [0.4, 0.5) is 5.82 Å². The molecule has 18 heavy (non-hydrogen) atoms. The van der Waals surface area contributed by atoms with Crippen LogP contribution in [0.3, 0.4) is 0 Å². The van der Waals surface area contributed by atoms with Crippen LogP contribution in [0, 0.1) is 5.41 Å². The summed E-state index contributed by atoms with van der Waals surface area (Å²) in [6.07, 6.45) is 3.71. The first-order valence-corrected chi connectivity index (χ1v) is 7.97. The minimum Gasteiger partial charge on any atom is -0.372 e. The van der Waals surface area contributed by atoms with Gasteiger partial charge in [-0.15, -0.1) is 0 Å². The maximum atomic E-state index is 12.2. The molecule has 0 atom stereocenters. The van der Waals surface area contributed by atoms with E-state index in [0.29, 0.717) is 16.8 Å². The van der Waals surface area contributed by atoms with Gasteiger partial charge in [-0.05, 0) is 40.3 Å².